The van der Waals surface area contributed by atoms with Gasteiger partial charge in [0, 0.05) is 73.4 Å². The largest absolute Gasteiger partial charge is 0.361 e. The lowest BCUT2D eigenvalue weighted by molar-refractivity contribution is -0.122. The minimum atomic E-state index is -2.47. The van der Waals surface area contributed by atoms with Gasteiger partial charge in [0.05, 0.1) is 12.6 Å². The van der Waals surface area contributed by atoms with Crippen molar-refractivity contribution in [3.05, 3.63) is 93.8 Å². The predicted molar refractivity (Wildman–Crippen MR) is 171 cm³/mol. The number of carbonyl (C=O) groups is 1. The van der Waals surface area contributed by atoms with E-state index in [0.29, 0.717) is 19.4 Å². The van der Waals surface area contributed by atoms with Crippen molar-refractivity contribution in [2.45, 2.75) is 69.1 Å². The number of piperazine rings is 1. The summed E-state index contributed by atoms with van der Waals surface area (Å²) in [7, 11) is 2.22. The van der Waals surface area contributed by atoms with Crippen molar-refractivity contribution in [1.82, 2.24) is 25.0 Å². The molecule has 7 nitrogen and oxygen atoms in total. The maximum atomic E-state index is 13.9. The summed E-state index contributed by atoms with van der Waals surface area (Å²) in [6.45, 7) is 3.89. The molecule has 2 atom stereocenters. The minimum absolute atomic E-state index is 0.0747. The lowest BCUT2D eigenvalue weighted by Crippen LogP contribution is -2.59. The number of benzene rings is 2. The summed E-state index contributed by atoms with van der Waals surface area (Å²) in [4.78, 5) is 33.5. The van der Waals surface area contributed by atoms with Crippen molar-refractivity contribution in [3.63, 3.8) is 0 Å². The molecule has 3 aromatic rings. The van der Waals surface area contributed by atoms with Gasteiger partial charge in [0.25, 0.3) is 6.43 Å². The first-order valence-corrected chi connectivity index (χ1v) is 16.1. The van der Waals surface area contributed by atoms with Gasteiger partial charge < -0.3 is 20.1 Å². The third-order valence-electron chi connectivity index (χ3n) is 9.62. The fraction of sp³-hybridized carbons (Fsp3) is 0.486. The number of hydrogen-bond acceptors (Lipinski definition) is 5. The normalized spacial score (nSPS) is 21.7. The molecule has 2 saturated heterocycles. The Morgan fingerprint density at radius 3 is 2.50 bits per heavy atom. The maximum absolute atomic E-state index is 13.9. The molecule has 248 valence electrons. The molecule has 46 heavy (non-hydrogen) atoms. The number of H-pyrrole nitrogens is 1. The summed E-state index contributed by atoms with van der Waals surface area (Å²) >= 11 is 0. The molecule has 1 spiro atoms. The van der Waals surface area contributed by atoms with Gasteiger partial charge in [-0.25, -0.2) is 17.6 Å². The second kappa shape index (κ2) is 15.4. The number of amides is 1. The molecule has 3 fully saturated rings. The van der Waals surface area contributed by atoms with Gasteiger partial charge in [-0.05, 0) is 56.5 Å². The van der Waals surface area contributed by atoms with E-state index in [1.807, 2.05) is 36.5 Å². The zero-order chi connectivity index (χ0) is 32.7. The topological polar surface area (TPSA) is 71.7 Å². The van der Waals surface area contributed by atoms with E-state index in [1.54, 1.807) is 6.07 Å². The minimum Gasteiger partial charge on any atom is -0.361 e. The van der Waals surface area contributed by atoms with Gasteiger partial charge in [-0.15, -0.1) is 0 Å². The fourth-order valence-electron chi connectivity index (χ4n) is 7.21. The molecule has 1 saturated carbocycles. The highest BCUT2D eigenvalue weighted by Gasteiger charge is 2.42. The van der Waals surface area contributed by atoms with Crippen molar-refractivity contribution in [2.24, 2.45) is 0 Å². The Bertz CT molecular complexity index is 1500. The quantitative estimate of drug-likeness (QED) is 0.248. The number of nitrogens with one attached hydrogen (secondary N) is 2. The number of pyridine rings is 1. The predicted octanol–water partition coefficient (Wildman–Crippen LogP) is 5.58. The van der Waals surface area contributed by atoms with E-state index >= 15 is 0 Å². The Balaban J connectivity index is 0.000000184. The molecular formula is C35H43F4N5O2. The fourth-order valence-corrected chi connectivity index (χ4v) is 7.21. The van der Waals surface area contributed by atoms with Crippen LogP contribution in [-0.4, -0.2) is 83.9 Å². The van der Waals surface area contributed by atoms with Gasteiger partial charge in [-0.2, -0.15) is 0 Å². The Morgan fingerprint density at radius 1 is 1.04 bits per heavy atom. The Hall–Kier alpha value is -3.54. The van der Waals surface area contributed by atoms with Crippen molar-refractivity contribution < 1.29 is 22.4 Å². The maximum Gasteiger partial charge on any atom is 0.250 e. The van der Waals surface area contributed by atoms with Crippen LogP contribution < -0.4 is 10.7 Å². The summed E-state index contributed by atoms with van der Waals surface area (Å²) in [6, 6.07) is 13.9. The number of piperidine rings is 1. The van der Waals surface area contributed by atoms with E-state index in [0.717, 1.165) is 61.2 Å². The molecule has 11 heteroatoms. The van der Waals surface area contributed by atoms with Crippen LogP contribution in [0.15, 0.2) is 65.6 Å². The third kappa shape index (κ3) is 8.24. The Kier molecular flexibility index (Phi) is 11.3. The number of halogens is 4. The lowest BCUT2D eigenvalue weighted by Gasteiger charge is -2.48. The second-order valence-corrected chi connectivity index (χ2v) is 12.7. The van der Waals surface area contributed by atoms with E-state index in [2.05, 4.69) is 27.1 Å². The van der Waals surface area contributed by atoms with Crippen molar-refractivity contribution in [2.75, 3.05) is 39.8 Å². The van der Waals surface area contributed by atoms with Crippen LogP contribution >= 0.6 is 0 Å². The number of carbonyl (C=O) groups excluding carboxylic acids is 1. The molecule has 2 aliphatic heterocycles. The molecule has 3 heterocycles. The van der Waals surface area contributed by atoms with Gasteiger partial charge in [0.1, 0.15) is 11.6 Å². The molecular weight excluding hydrogens is 598 g/mol. The van der Waals surface area contributed by atoms with Crippen LogP contribution in [0.5, 0.6) is 0 Å². The van der Waals surface area contributed by atoms with Gasteiger partial charge >= 0.3 is 0 Å². The van der Waals surface area contributed by atoms with Crippen LogP contribution in [0.1, 0.15) is 55.7 Å². The number of rotatable bonds is 8. The van der Waals surface area contributed by atoms with Gasteiger partial charge in [0.15, 0.2) is 5.43 Å². The SMILES string of the molecule is CN1CCN(Cc2c[nH]c(-c3ccccc3)cc2=O)C2(CCCC2)C1.O=CN1CCC(NCC(F)F)CC1c1cc(F)ccc1F. The van der Waals surface area contributed by atoms with Gasteiger partial charge in [-0.1, -0.05) is 43.2 Å². The Morgan fingerprint density at radius 2 is 1.80 bits per heavy atom. The molecule has 2 aromatic carbocycles. The third-order valence-corrected chi connectivity index (χ3v) is 9.62. The van der Waals surface area contributed by atoms with Crippen molar-refractivity contribution in [1.29, 1.82) is 0 Å². The molecule has 1 aromatic heterocycles. The number of likely N-dealkylation sites (tertiary alicyclic amines) is 1. The summed E-state index contributed by atoms with van der Waals surface area (Å²) in [6.07, 6.45) is 5.95. The number of nitrogens with zero attached hydrogens (tertiary/aromatic N) is 3. The number of likely N-dealkylation sites (N-methyl/N-ethyl adjacent to an activating group) is 1. The van der Waals surface area contributed by atoms with E-state index < -0.39 is 30.6 Å². The first-order valence-electron chi connectivity index (χ1n) is 16.1. The summed E-state index contributed by atoms with van der Waals surface area (Å²) in [5.41, 5.74) is 3.32. The Labute approximate surface area is 267 Å². The zero-order valence-corrected chi connectivity index (χ0v) is 26.2. The van der Waals surface area contributed by atoms with Crippen LogP contribution in [0.3, 0.4) is 0 Å². The lowest BCUT2D eigenvalue weighted by atomic mass is 9.91. The average Bonchev–Trinajstić information content (AvgIpc) is 3.52. The highest BCUT2D eigenvalue weighted by molar-refractivity contribution is 5.58. The summed E-state index contributed by atoms with van der Waals surface area (Å²) in [5, 5.41) is 2.69. The van der Waals surface area contributed by atoms with Crippen LogP contribution in [0, 0.1) is 11.6 Å². The molecule has 3 aliphatic rings. The highest BCUT2D eigenvalue weighted by Crippen LogP contribution is 2.38. The first kappa shape index (κ1) is 33.8. The van der Waals surface area contributed by atoms with Gasteiger partial charge in [0.2, 0.25) is 6.41 Å². The average molecular weight is 642 g/mol. The monoisotopic (exact) mass is 641 g/mol. The number of aromatic nitrogens is 1. The first-order chi connectivity index (χ1) is 22.2. The van der Waals surface area contributed by atoms with Crippen LogP contribution in [0.4, 0.5) is 17.6 Å². The molecule has 0 radical (unpaired) electrons. The van der Waals surface area contributed by atoms with E-state index in [-0.39, 0.29) is 29.0 Å². The van der Waals surface area contributed by atoms with E-state index in [4.69, 9.17) is 0 Å². The van der Waals surface area contributed by atoms with Gasteiger partial charge in [-0.3, -0.25) is 14.5 Å². The molecule has 0 bridgehead atoms. The summed E-state index contributed by atoms with van der Waals surface area (Å²) < 4.78 is 51.6. The standard InChI is InChI=1S/C21H27N3O.C14H16F4N2O/c1-23-11-12-24(21(16-23)9-5-6-10-21)15-18-14-22-19(13-20(18)25)17-7-3-2-4-8-17;15-9-1-2-12(16)11(5-9)13-6-10(19-7-14(17)18)3-4-20(13)8-21/h2-4,7-8,13-14H,5-6,9-12,15-16H2,1H3,(H,22,25);1-2,5,8,10,13-14,19H,3-4,6-7H2. The smallest absolute Gasteiger partial charge is 0.250 e. The van der Waals surface area contributed by atoms with Crippen molar-refractivity contribution >= 4 is 6.41 Å². The highest BCUT2D eigenvalue weighted by atomic mass is 19.3. The second-order valence-electron chi connectivity index (χ2n) is 12.7. The van der Waals surface area contributed by atoms with Crippen LogP contribution in [-0.2, 0) is 11.3 Å². The molecule has 2 N–H and O–H groups in total. The summed E-state index contributed by atoms with van der Waals surface area (Å²) in [5.74, 6) is -1.21. The van der Waals surface area contributed by atoms with Crippen LogP contribution in [0.25, 0.3) is 11.3 Å². The van der Waals surface area contributed by atoms with Crippen LogP contribution in [0.2, 0.25) is 0 Å². The molecule has 2 unspecified atom stereocenters. The van der Waals surface area contributed by atoms with Crippen molar-refractivity contribution in [3.8, 4) is 11.3 Å². The van der Waals surface area contributed by atoms with E-state index in [1.165, 1.54) is 30.6 Å². The van der Waals surface area contributed by atoms with E-state index in [9.17, 15) is 27.2 Å². The number of alkyl halides is 2. The number of hydrogen-bond donors (Lipinski definition) is 2. The molecule has 1 amide bonds. The molecule has 6 rings (SSSR count). The zero-order valence-electron chi connectivity index (χ0n) is 26.2. The number of aromatic amines is 1. The molecule has 1 aliphatic carbocycles.